The molecule has 0 saturated carbocycles. The summed E-state index contributed by atoms with van der Waals surface area (Å²) in [6.45, 7) is 3.50. The van der Waals surface area contributed by atoms with Gasteiger partial charge in [0.15, 0.2) is 0 Å². The minimum absolute atomic E-state index is 0.0947. The average molecular weight is 279 g/mol. The second-order valence-electron chi connectivity index (χ2n) is 5.49. The van der Waals surface area contributed by atoms with Crippen LogP contribution in [-0.4, -0.2) is 35.6 Å². The van der Waals surface area contributed by atoms with Crippen LogP contribution in [0.1, 0.15) is 37.7 Å². The maximum absolute atomic E-state index is 13.0. The van der Waals surface area contributed by atoms with Crippen molar-refractivity contribution in [1.29, 1.82) is 0 Å². The third kappa shape index (κ3) is 3.37. The molecule has 1 aromatic carbocycles. The lowest BCUT2D eigenvalue weighted by atomic mass is 9.92. The maximum Gasteiger partial charge on any atom is 0.230 e. The summed E-state index contributed by atoms with van der Waals surface area (Å²) in [6, 6.07) is 6.18. The van der Waals surface area contributed by atoms with Crippen molar-refractivity contribution in [3.05, 3.63) is 35.6 Å². The number of aliphatic hydroxyl groups excluding tert-OH is 1. The highest BCUT2D eigenvalue weighted by atomic mass is 19.1. The van der Waals surface area contributed by atoms with Gasteiger partial charge in [0.1, 0.15) is 5.82 Å². The number of aliphatic hydroxyl groups is 1. The van der Waals surface area contributed by atoms with Crippen LogP contribution < -0.4 is 0 Å². The third-order valence-corrected chi connectivity index (χ3v) is 4.07. The van der Waals surface area contributed by atoms with Crippen molar-refractivity contribution in [1.82, 2.24) is 4.90 Å². The number of nitrogens with zero attached hydrogens (tertiary/aromatic N) is 1. The van der Waals surface area contributed by atoms with Gasteiger partial charge in [-0.25, -0.2) is 4.39 Å². The van der Waals surface area contributed by atoms with Crippen molar-refractivity contribution >= 4 is 5.91 Å². The summed E-state index contributed by atoms with van der Waals surface area (Å²) in [6.07, 6.45) is 2.62. The van der Waals surface area contributed by atoms with Crippen LogP contribution in [0.15, 0.2) is 24.3 Å². The molecule has 0 radical (unpaired) electrons. The summed E-state index contributed by atoms with van der Waals surface area (Å²) >= 11 is 0. The van der Waals surface area contributed by atoms with E-state index in [-0.39, 0.29) is 30.2 Å². The van der Waals surface area contributed by atoms with Crippen molar-refractivity contribution < 1.29 is 14.3 Å². The van der Waals surface area contributed by atoms with Gasteiger partial charge in [0.05, 0.1) is 5.92 Å². The van der Waals surface area contributed by atoms with E-state index in [1.807, 2.05) is 11.8 Å². The average Bonchev–Trinajstić information content (AvgIpc) is 2.50. The number of piperidine rings is 1. The molecule has 0 aromatic heterocycles. The molecule has 1 fully saturated rings. The van der Waals surface area contributed by atoms with Crippen LogP contribution in [-0.2, 0) is 4.79 Å². The van der Waals surface area contributed by atoms with E-state index in [1.54, 1.807) is 12.1 Å². The molecular formula is C16H22FNO2. The fourth-order valence-electron chi connectivity index (χ4n) is 2.88. The molecule has 2 atom stereocenters. The van der Waals surface area contributed by atoms with Crippen molar-refractivity contribution in [2.45, 2.75) is 32.1 Å². The highest BCUT2D eigenvalue weighted by Crippen LogP contribution is 2.25. The van der Waals surface area contributed by atoms with E-state index < -0.39 is 0 Å². The molecular weight excluding hydrogens is 257 g/mol. The van der Waals surface area contributed by atoms with Gasteiger partial charge in [-0.05, 0) is 42.9 Å². The molecule has 2 rings (SSSR count). The first-order valence-corrected chi connectivity index (χ1v) is 7.30. The van der Waals surface area contributed by atoms with Gasteiger partial charge in [0.25, 0.3) is 0 Å². The van der Waals surface area contributed by atoms with Crippen LogP contribution in [0, 0.1) is 11.7 Å². The minimum atomic E-state index is -0.283. The summed E-state index contributed by atoms with van der Waals surface area (Å²) < 4.78 is 13.0. The molecule has 3 nitrogen and oxygen atoms in total. The molecule has 1 saturated heterocycles. The number of amides is 1. The molecule has 1 aliphatic rings. The predicted molar refractivity (Wildman–Crippen MR) is 75.8 cm³/mol. The number of carbonyl (C=O) groups excluding carboxylic acids is 1. The zero-order valence-corrected chi connectivity index (χ0v) is 11.9. The van der Waals surface area contributed by atoms with Gasteiger partial charge in [-0.3, -0.25) is 4.79 Å². The highest BCUT2D eigenvalue weighted by Gasteiger charge is 2.28. The van der Waals surface area contributed by atoms with Crippen molar-refractivity contribution in [3.8, 4) is 0 Å². The van der Waals surface area contributed by atoms with Crippen molar-refractivity contribution in [2.24, 2.45) is 5.92 Å². The van der Waals surface area contributed by atoms with E-state index in [4.69, 9.17) is 0 Å². The maximum atomic E-state index is 13.0. The van der Waals surface area contributed by atoms with E-state index in [1.165, 1.54) is 12.1 Å². The second kappa shape index (κ2) is 6.84. The number of hydrogen-bond donors (Lipinski definition) is 1. The summed E-state index contributed by atoms with van der Waals surface area (Å²) in [5.41, 5.74) is 0.866. The van der Waals surface area contributed by atoms with E-state index in [2.05, 4.69) is 0 Å². The minimum Gasteiger partial charge on any atom is -0.396 e. The Kier molecular flexibility index (Phi) is 5.12. The lowest BCUT2D eigenvalue weighted by Crippen LogP contribution is -2.43. The Morgan fingerprint density at radius 2 is 2.15 bits per heavy atom. The third-order valence-electron chi connectivity index (χ3n) is 4.07. The van der Waals surface area contributed by atoms with Crippen LogP contribution in [0.3, 0.4) is 0 Å². The van der Waals surface area contributed by atoms with Crippen molar-refractivity contribution in [2.75, 3.05) is 19.7 Å². The van der Waals surface area contributed by atoms with Crippen LogP contribution in [0.4, 0.5) is 4.39 Å². The molecule has 0 aliphatic carbocycles. The first-order valence-electron chi connectivity index (χ1n) is 7.30. The quantitative estimate of drug-likeness (QED) is 0.920. The Bertz CT molecular complexity index is 446. The summed E-state index contributed by atoms with van der Waals surface area (Å²) in [7, 11) is 0. The molecule has 0 bridgehead atoms. The zero-order chi connectivity index (χ0) is 14.5. The first-order chi connectivity index (χ1) is 9.65. The molecule has 0 spiro atoms. The Hall–Kier alpha value is -1.42. The molecule has 1 aromatic rings. The number of rotatable bonds is 4. The van der Waals surface area contributed by atoms with E-state index >= 15 is 0 Å². The molecule has 1 aliphatic heterocycles. The van der Waals surface area contributed by atoms with Gasteiger partial charge in [0.2, 0.25) is 5.91 Å². The normalized spacial score (nSPS) is 20.8. The monoisotopic (exact) mass is 279 g/mol. The van der Waals surface area contributed by atoms with E-state index in [0.717, 1.165) is 24.9 Å². The van der Waals surface area contributed by atoms with Crippen LogP contribution in [0.2, 0.25) is 0 Å². The Morgan fingerprint density at radius 3 is 2.75 bits per heavy atom. The Balaban J connectivity index is 2.10. The number of benzene rings is 1. The Morgan fingerprint density at radius 1 is 1.45 bits per heavy atom. The molecule has 4 heteroatoms. The molecule has 110 valence electrons. The van der Waals surface area contributed by atoms with Gasteiger partial charge >= 0.3 is 0 Å². The fourth-order valence-corrected chi connectivity index (χ4v) is 2.88. The zero-order valence-electron chi connectivity index (χ0n) is 11.9. The molecule has 1 N–H and O–H groups in total. The van der Waals surface area contributed by atoms with E-state index in [9.17, 15) is 14.3 Å². The molecule has 2 unspecified atom stereocenters. The second-order valence-corrected chi connectivity index (χ2v) is 5.49. The number of hydrogen-bond acceptors (Lipinski definition) is 2. The Labute approximate surface area is 119 Å². The lowest BCUT2D eigenvalue weighted by molar-refractivity contribution is -0.135. The van der Waals surface area contributed by atoms with Gasteiger partial charge in [-0.1, -0.05) is 19.1 Å². The first kappa shape index (κ1) is 15.0. The summed E-state index contributed by atoms with van der Waals surface area (Å²) in [5, 5.41) is 9.25. The van der Waals surface area contributed by atoms with Gasteiger partial charge in [0, 0.05) is 19.7 Å². The van der Waals surface area contributed by atoms with Gasteiger partial charge in [-0.15, -0.1) is 0 Å². The lowest BCUT2D eigenvalue weighted by Gasteiger charge is -2.34. The fraction of sp³-hybridized carbons (Fsp3) is 0.562. The summed E-state index contributed by atoms with van der Waals surface area (Å²) in [5.74, 6) is -0.210. The number of likely N-dealkylation sites (tertiary alicyclic amines) is 1. The van der Waals surface area contributed by atoms with Gasteiger partial charge < -0.3 is 10.0 Å². The van der Waals surface area contributed by atoms with E-state index in [0.29, 0.717) is 13.0 Å². The highest BCUT2D eigenvalue weighted by molar-refractivity contribution is 5.83. The predicted octanol–water partition coefficient (Wildman–Crippen LogP) is 2.55. The van der Waals surface area contributed by atoms with Crippen molar-refractivity contribution in [3.63, 3.8) is 0 Å². The molecule has 1 amide bonds. The van der Waals surface area contributed by atoms with Crippen LogP contribution in [0.25, 0.3) is 0 Å². The standard InChI is InChI=1S/C16H22FNO2/c1-2-15(13-5-7-14(17)8-6-13)16(20)18-9-3-4-12(10-18)11-19/h5-8,12,15,19H,2-4,9-11H2,1H3. The number of halogens is 1. The van der Waals surface area contributed by atoms with Crippen LogP contribution in [0.5, 0.6) is 0 Å². The topological polar surface area (TPSA) is 40.5 Å². The molecule has 1 heterocycles. The largest absolute Gasteiger partial charge is 0.396 e. The van der Waals surface area contributed by atoms with Crippen LogP contribution >= 0.6 is 0 Å². The smallest absolute Gasteiger partial charge is 0.230 e. The SMILES string of the molecule is CCC(C(=O)N1CCCC(CO)C1)c1ccc(F)cc1. The number of carbonyl (C=O) groups is 1. The summed E-state index contributed by atoms with van der Waals surface area (Å²) in [4.78, 5) is 14.5. The van der Waals surface area contributed by atoms with Gasteiger partial charge in [-0.2, -0.15) is 0 Å². The molecule has 20 heavy (non-hydrogen) atoms.